The van der Waals surface area contributed by atoms with Gasteiger partial charge in [-0.1, -0.05) is 28.1 Å². The number of benzene rings is 1. The van der Waals surface area contributed by atoms with E-state index in [0.717, 1.165) is 17.4 Å². The second-order valence-electron chi connectivity index (χ2n) is 5.63. The van der Waals surface area contributed by atoms with Gasteiger partial charge in [-0.2, -0.15) is 0 Å². The summed E-state index contributed by atoms with van der Waals surface area (Å²) in [7, 11) is 0. The number of halogens is 1. The van der Waals surface area contributed by atoms with Crippen LogP contribution in [0.1, 0.15) is 38.8 Å². The van der Waals surface area contributed by atoms with Crippen molar-refractivity contribution in [3.63, 3.8) is 0 Å². The van der Waals surface area contributed by atoms with Gasteiger partial charge in [0, 0.05) is 11.0 Å². The maximum atomic E-state index is 11.8. The molecular formula is C14H18BrNO2. The van der Waals surface area contributed by atoms with Crippen molar-refractivity contribution in [2.75, 3.05) is 6.54 Å². The van der Waals surface area contributed by atoms with Gasteiger partial charge in [0.25, 0.3) is 0 Å². The third-order valence-electron chi connectivity index (χ3n) is 3.04. The van der Waals surface area contributed by atoms with Gasteiger partial charge in [-0.15, -0.1) is 5.06 Å². The van der Waals surface area contributed by atoms with Crippen LogP contribution in [0.2, 0.25) is 0 Å². The van der Waals surface area contributed by atoms with E-state index in [4.69, 9.17) is 4.84 Å². The van der Waals surface area contributed by atoms with Crippen molar-refractivity contribution in [3.8, 4) is 0 Å². The average Bonchev–Trinajstić information content (AvgIpc) is 2.26. The lowest BCUT2D eigenvalue weighted by Crippen LogP contribution is -2.44. The van der Waals surface area contributed by atoms with Crippen LogP contribution in [-0.2, 0) is 9.63 Å². The Hall–Kier alpha value is -0.870. The minimum Gasteiger partial charge on any atom is -0.367 e. The number of hydrogen-bond donors (Lipinski definition) is 0. The molecule has 1 saturated heterocycles. The van der Waals surface area contributed by atoms with E-state index in [-0.39, 0.29) is 12.0 Å². The summed E-state index contributed by atoms with van der Waals surface area (Å²) in [5.41, 5.74) is 0.728. The summed E-state index contributed by atoms with van der Waals surface area (Å²) in [4.78, 5) is 17.3. The highest BCUT2D eigenvalue weighted by Gasteiger charge is 2.35. The Morgan fingerprint density at radius 3 is 2.39 bits per heavy atom. The van der Waals surface area contributed by atoms with Crippen LogP contribution < -0.4 is 0 Å². The highest BCUT2D eigenvalue weighted by molar-refractivity contribution is 9.10. The van der Waals surface area contributed by atoms with Gasteiger partial charge in [-0.25, -0.2) is 4.79 Å². The average molecular weight is 312 g/mol. The van der Waals surface area contributed by atoms with Crippen LogP contribution in [0.3, 0.4) is 0 Å². The van der Waals surface area contributed by atoms with Crippen molar-refractivity contribution in [1.82, 2.24) is 5.06 Å². The quantitative estimate of drug-likeness (QED) is 0.834. The molecule has 1 aromatic carbocycles. The summed E-state index contributed by atoms with van der Waals surface area (Å²) in [6, 6.07) is 8.34. The van der Waals surface area contributed by atoms with E-state index in [9.17, 15) is 4.79 Å². The van der Waals surface area contributed by atoms with Gasteiger partial charge in [0.2, 0.25) is 0 Å². The Bertz CT molecular complexity index is 436. The Morgan fingerprint density at radius 2 is 1.94 bits per heavy atom. The molecule has 0 spiro atoms. The van der Waals surface area contributed by atoms with Crippen LogP contribution in [-0.4, -0.2) is 17.6 Å². The van der Waals surface area contributed by atoms with Crippen molar-refractivity contribution in [1.29, 1.82) is 0 Å². The molecule has 1 unspecified atom stereocenters. The summed E-state index contributed by atoms with van der Waals surface area (Å²) in [5.74, 6) is -0.177. The maximum Gasteiger partial charge on any atom is 0.330 e. The number of hydrogen-bond acceptors (Lipinski definition) is 3. The molecular weight excluding hydrogens is 294 g/mol. The third-order valence-corrected chi connectivity index (χ3v) is 3.57. The van der Waals surface area contributed by atoms with E-state index in [1.807, 2.05) is 32.9 Å². The number of carbonyl (C=O) groups excluding carboxylic acids is 1. The first-order chi connectivity index (χ1) is 8.38. The van der Waals surface area contributed by atoms with E-state index in [0.29, 0.717) is 0 Å². The zero-order chi connectivity index (χ0) is 13.3. The van der Waals surface area contributed by atoms with Gasteiger partial charge in [0.05, 0.1) is 11.5 Å². The molecule has 0 aromatic heterocycles. The minimum absolute atomic E-state index is 0.177. The molecule has 1 fully saturated rings. The molecule has 98 valence electrons. The second-order valence-corrected chi connectivity index (χ2v) is 6.54. The van der Waals surface area contributed by atoms with E-state index in [1.54, 1.807) is 5.06 Å². The molecule has 0 aliphatic carbocycles. The Kier molecular flexibility index (Phi) is 3.78. The summed E-state index contributed by atoms with van der Waals surface area (Å²) in [6.45, 7) is 6.40. The summed E-state index contributed by atoms with van der Waals surface area (Å²) in [5, 5.41) is 1.77. The fraction of sp³-hybridized carbons (Fsp3) is 0.500. The lowest BCUT2D eigenvalue weighted by Gasteiger charge is -2.40. The van der Waals surface area contributed by atoms with Crippen LogP contribution in [0.5, 0.6) is 0 Å². The van der Waals surface area contributed by atoms with E-state index in [1.165, 1.54) is 5.56 Å². The first-order valence-corrected chi connectivity index (χ1v) is 6.92. The van der Waals surface area contributed by atoms with Gasteiger partial charge >= 0.3 is 5.97 Å². The predicted molar refractivity (Wildman–Crippen MR) is 73.8 cm³/mol. The first-order valence-electron chi connectivity index (χ1n) is 6.12. The van der Waals surface area contributed by atoms with Gasteiger partial charge in [0.15, 0.2) is 0 Å². The lowest BCUT2D eigenvalue weighted by atomic mass is 9.96. The van der Waals surface area contributed by atoms with Gasteiger partial charge in [0.1, 0.15) is 0 Å². The minimum atomic E-state index is -0.458. The second kappa shape index (κ2) is 5.02. The highest BCUT2D eigenvalue weighted by atomic mass is 79.9. The zero-order valence-electron chi connectivity index (χ0n) is 10.9. The topological polar surface area (TPSA) is 29.5 Å². The van der Waals surface area contributed by atoms with Crippen molar-refractivity contribution < 1.29 is 9.63 Å². The smallest absolute Gasteiger partial charge is 0.330 e. The number of rotatable bonds is 2. The molecule has 18 heavy (non-hydrogen) atoms. The predicted octanol–water partition coefficient (Wildman–Crippen LogP) is 3.70. The van der Waals surface area contributed by atoms with Gasteiger partial charge in [-0.05, 0) is 44.9 Å². The largest absolute Gasteiger partial charge is 0.367 e. The molecule has 1 heterocycles. The van der Waals surface area contributed by atoms with Crippen molar-refractivity contribution >= 4 is 21.9 Å². The number of hydroxylamine groups is 2. The van der Waals surface area contributed by atoms with Crippen LogP contribution in [0.15, 0.2) is 28.7 Å². The van der Waals surface area contributed by atoms with Crippen molar-refractivity contribution in [3.05, 3.63) is 34.3 Å². The molecule has 0 radical (unpaired) electrons. The SMILES string of the molecule is CC(C)(C)C(=O)ON1CCC1c1ccc(Br)cc1. The molecule has 1 aliphatic heterocycles. The fourth-order valence-electron chi connectivity index (χ4n) is 1.73. The summed E-state index contributed by atoms with van der Waals surface area (Å²) in [6.07, 6.45) is 1.03. The highest BCUT2D eigenvalue weighted by Crippen LogP contribution is 2.35. The molecule has 2 rings (SSSR count). The molecule has 0 bridgehead atoms. The Morgan fingerprint density at radius 1 is 1.33 bits per heavy atom. The molecule has 1 aliphatic rings. The van der Waals surface area contributed by atoms with Crippen LogP contribution in [0.4, 0.5) is 0 Å². The maximum absolute atomic E-state index is 11.8. The summed E-state index contributed by atoms with van der Waals surface area (Å²) >= 11 is 3.42. The van der Waals surface area contributed by atoms with Crippen LogP contribution >= 0.6 is 15.9 Å². The molecule has 1 aromatic rings. The normalized spacial score (nSPS) is 20.3. The van der Waals surface area contributed by atoms with E-state index < -0.39 is 5.41 Å². The van der Waals surface area contributed by atoms with E-state index in [2.05, 4.69) is 28.1 Å². The van der Waals surface area contributed by atoms with Crippen LogP contribution in [0.25, 0.3) is 0 Å². The molecule has 0 saturated carbocycles. The fourth-order valence-corrected chi connectivity index (χ4v) is 2.00. The third kappa shape index (κ3) is 2.93. The monoisotopic (exact) mass is 311 g/mol. The van der Waals surface area contributed by atoms with Gasteiger partial charge < -0.3 is 4.84 Å². The molecule has 4 heteroatoms. The summed E-state index contributed by atoms with van der Waals surface area (Å²) < 4.78 is 1.06. The zero-order valence-corrected chi connectivity index (χ0v) is 12.5. The standard InChI is InChI=1S/C14H18BrNO2/c1-14(2,3)13(17)18-16-9-8-12(16)10-4-6-11(15)7-5-10/h4-7,12H,8-9H2,1-3H3. The molecule has 3 nitrogen and oxygen atoms in total. The van der Waals surface area contributed by atoms with Crippen molar-refractivity contribution in [2.45, 2.75) is 33.2 Å². The number of carbonyl (C=O) groups is 1. The van der Waals surface area contributed by atoms with Crippen LogP contribution in [0, 0.1) is 5.41 Å². The Labute approximate surface area is 116 Å². The van der Waals surface area contributed by atoms with Gasteiger partial charge in [-0.3, -0.25) is 0 Å². The molecule has 0 N–H and O–H groups in total. The first kappa shape index (κ1) is 13.6. The molecule has 0 amide bonds. The Balaban J connectivity index is 2.00. The lowest BCUT2D eigenvalue weighted by molar-refractivity contribution is -0.237. The molecule has 1 atom stereocenters. The van der Waals surface area contributed by atoms with Crippen molar-refractivity contribution in [2.24, 2.45) is 5.41 Å². The number of nitrogens with zero attached hydrogens (tertiary/aromatic N) is 1. The van der Waals surface area contributed by atoms with E-state index >= 15 is 0 Å².